The maximum Gasteiger partial charge on any atom is 0.273 e. The highest BCUT2D eigenvalue weighted by Gasteiger charge is 2.26. The molecule has 0 bridgehead atoms. The van der Waals surface area contributed by atoms with Gasteiger partial charge in [0, 0.05) is 32.1 Å². The molecule has 1 atom stereocenters. The minimum absolute atomic E-state index is 0.0232. The Labute approximate surface area is 167 Å². The lowest BCUT2D eigenvalue weighted by Gasteiger charge is -2.30. The number of amides is 2. The van der Waals surface area contributed by atoms with E-state index < -0.39 is 0 Å². The Bertz CT molecular complexity index is 916. The van der Waals surface area contributed by atoms with Crippen molar-refractivity contribution in [3.05, 3.63) is 16.7 Å². The molecule has 1 aliphatic heterocycles. The van der Waals surface area contributed by atoms with E-state index in [-0.39, 0.29) is 35.9 Å². The second-order valence-electron chi connectivity index (χ2n) is 7.08. The van der Waals surface area contributed by atoms with E-state index in [4.69, 9.17) is 0 Å². The molecular formula is C18H26N6O3S. The zero-order chi connectivity index (χ0) is 20.3. The molecule has 3 heterocycles. The van der Waals surface area contributed by atoms with Crippen LogP contribution in [-0.4, -0.2) is 52.5 Å². The Kier molecular flexibility index (Phi) is 6.28. The summed E-state index contributed by atoms with van der Waals surface area (Å²) in [5.41, 5.74) is 0.144. The molecule has 0 spiro atoms. The highest BCUT2D eigenvalue weighted by Crippen LogP contribution is 2.29. The van der Waals surface area contributed by atoms with Crippen LogP contribution in [0.1, 0.15) is 33.1 Å². The summed E-state index contributed by atoms with van der Waals surface area (Å²) in [4.78, 5) is 47.4. The number of carbonyl (C=O) groups excluding carboxylic acids is 2. The fraction of sp³-hybridized carbons (Fsp3) is 0.611. The van der Waals surface area contributed by atoms with Gasteiger partial charge in [-0.2, -0.15) is 4.98 Å². The molecule has 0 unspecified atom stereocenters. The summed E-state index contributed by atoms with van der Waals surface area (Å²) in [5.74, 6) is -0.113. The van der Waals surface area contributed by atoms with Crippen molar-refractivity contribution in [1.29, 1.82) is 0 Å². The van der Waals surface area contributed by atoms with Crippen LogP contribution in [0, 0.1) is 5.92 Å². The summed E-state index contributed by atoms with van der Waals surface area (Å²) in [6.45, 7) is 5.27. The normalized spacial score (nSPS) is 16.2. The molecule has 1 aliphatic rings. The molecule has 2 N–H and O–H groups in total. The Morgan fingerprint density at radius 1 is 1.36 bits per heavy atom. The van der Waals surface area contributed by atoms with Crippen LogP contribution < -0.4 is 21.1 Å². The van der Waals surface area contributed by atoms with Crippen LogP contribution in [0.3, 0.4) is 0 Å². The lowest BCUT2D eigenvalue weighted by Crippen LogP contribution is -2.39. The smallest absolute Gasteiger partial charge is 0.273 e. The minimum atomic E-state index is -0.256. The molecule has 9 nitrogen and oxygen atoms in total. The van der Waals surface area contributed by atoms with Gasteiger partial charge in [0.1, 0.15) is 17.6 Å². The fourth-order valence-electron chi connectivity index (χ4n) is 3.20. The predicted octanol–water partition coefficient (Wildman–Crippen LogP) is 0.730. The molecule has 0 aliphatic carbocycles. The number of thiazole rings is 1. The molecule has 152 valence electrons. The van der Waals surface area contributed by atoms with E-state index in [2.05, 4.69) is 25.5 Å². The summed E-state index contributed by atoms with van der Waals surface area (Å²) in [7, 11) is 1.65. The van der Waals surface area contributed by atoms with E-state index >= 15 is 0 Å². The van der Waals surface area contributed by atoms with Crippen LogP contribution in [0.5, 0.6) is 0 Å². The van der Waals surface area contributed by atoms with Crippen molar-refractivity contribution in [3.8, 4) is 0 Å². The van der Waals surface area contributed by atoms with Crippen molar-refractivity contribution in [2.24, 2.45) is 5.92 Å². The van der Waals surface area contributed by atoms with Crippen molar-refractivity contribution in [1.82, 2.24) is 25.2 Å². The molecule has 2 amide bonds. The SMILES string of the molecule is CC[C@@H](C)NC(=O)Cn1cnc2nc(N3CCC(C(=O)NC)CC3)sc2c1=O. The van der Waals surface area contributed by atoms with E-state index in [1.807, 2.05) is 13.8 Å². The third kappa shape index (κ3) is 4.32. The lowest BCUT2D eigenvalue weighted by molar-refractivity contribution is -0.125. The highest BCUT2D eigenvalue weighted by molar-refractivity contribution is 7.22. The van der Waals surface area contributed by atoms with Gasteiger partial charge in [-0.1, -0.05) is 18.3 Å². The van der Waals surface area contributed by atoms with Gasteiger partial charge in [0.25, 0.3) is 5.56 Å². The first-order chi connectivity index (χ1) is 13.4. The summed E-state index contributed by atoms with van der Waals surface area (Å²) in [6.07, 6.45) is 3.71. The Morgan fingerprint density at radius 2 is 2.07 bits per heavy atom. The van der Waals surface area contributed by atoms with E-state index in [1.54, 1.807) is 7.05 Å². The van der Waals surface area contributed by atoms with Crippen molar-refractivity contribution < 1.29 is 9.59 Å². The van der Waals surface area contributed by atoms with Crippen LogP contribution in [0.4, 0.5) is 5.13 Å². The average molecular weight is 407 g/mol. The van der Waals surface area contributed by atoms with Gasteiger partial charge < -0.3 is 15.5 Å². The molecule has 2 aromatic heterocycles. The number of carbonyl (C=O) groups is 2. The number of fused-ring (bicyclic) bond motifs is 1. The minimum Gasteiger partial charge on any atom is -0.359 e. The van der Waals surface area contributed by atoms with E-state index in [0.29, 0.717) is 23.4 Å². The van der Waals surface area contributed by atoms with E-state index in [0.717, 1.165) is 24.4 Å². The zero-order valence-electron chi connectivity index (χ0n) is 16.4. The average Bonchev–Trinajstić information content (AvgIpc) is 3.14. The Morgan fingerprint density at radius 3 is 2.71 bits per heavy atom. The molecule has 28 heavy (non-hydrogen) atoms. The molecule has 1 fully saturated rings. The third-order valence-corrected chi connectivity index (χ3v) is 6.18. The number of anilines is 1. The van der Waals surface area contributed by atoms with Gasteiger partial charge in [-0.15, -0.1) is 0 Å². The van der Waals surface area contributed by atoms with Crippen molar-refractivity contribution >= 4 is 38.6 Å². The molecular weight excluding hydrogens is 380 g/mol. The second kappa shape index (κ2) is 8.68. The van der Waals surface area contributed by atoms with Gasteiger partial charge >= 0.3 is 0 Å². The number of nitrogens with one attached hydrogen (secondary N) is 2. The number of hydrogen-bond donors (Lipinski definition) is 2. The Balaban J connectivity index is 1.74. The number of rotatable bonds is 6. The maximum atomic E-state index is 12.7. The summed E-state index contributed by atoms with van der Waals surface area (Å²) >= 11 is 1.29. The molecule has 0 saturated carbocycles. The van der Waals surface area contributed by atoms with Crippen molar-refractivity contribution in [2.45, 2.75) is 45.7 Å². The van der Waals surface area contributed by atoms with Gasteiger partial charge in [-0.05, 0) is 26.2 Å². The van der Waals surface area contributed by atoms with Crippen LogP contribution in [0.25, 0.3) is 10.3 Å². The van der Waals surface area contributed by atoms with Crippen LogP contribution in [-0.2, 0) is 16.1 Å². The van der Waals surface area contributed by atoms with Crippen LogP contribution in [0.15, 0.2) is 11.1 Å². The van der Waals surface area contributed by atoms with E-state index in [1.165, 1.54) is 22.2 Å². The van der Waals surface area contributed by atoms with Crippen LogP contribution in [0.2, 0.25) is 0 Å². The third-order valence-electron chi connectivity index (χ3n) is 5.09. The molecule has 3 rings (SSSR count). The molecule has 10 heteroatoms. The van der Waals surface area contributed by atoms with Crippen molar-refractivity contribution in [2.75, 3.05) is 25.0 Å². The van der Waals surface area contributed by atoms with Gasteiger partial charge in [0.05, 0.1) is 0 Å². The summed E-state index contributed by atoms with van der Waals surface area (Å²) in [6, 6.07) is 0.0626. The number of aromatic nitrogens is 3. The number of piperidine rings is 1. The van der Waals surface area contributed by atoms with Gasteiger partial charge in [0.2, 0.25) is 11.8 Å². The molecule has 1 saturated heterocycles. The first-order valence-corrected chi connectivity index (χ1v) is 10.4. The molecule has 0 aromatic carbocycles. The van der Waals surface area contributed by atoms with Crippen LogP contribution >= 0.6 is 11.3 Å². The monoisotopic (exact) mass is 406 g/mol. The first-order valence-electron chi connectivity index (χ1n) is 9.54. The quantitative estimate of drug-likeness (QED) is 0.732. The van der Waals surface area contributed by atoms with E-state index in [9.17, 15) is 14.4 Å². The lowest BCUT2D eigenvalue weighted by atomic mass is 9.96. The number of hydrogen-bond acceptors (Lipinski definition) is 7. The van der Waals surface area contributed by atoms with Crippen molar-refractivity contribution in [3.63, 3.8) is 0 Å². The first kappa shape index (κ1) is 20.2. The van der Waals surface area contributed by atoms with Gasteiger partial charge in [-0.3, -0.25) is 19.0 Å². The summed E-state index contributed by atoms with van der Waals surface area (Å²) in [5, 5.41) is 6.28. The standard InChI is InChI=1S/C18H26N6O3S/c1-4-11(2)21-13(25)9-24-10-20-15-14(17(24)27)28-18(22-15)23-7-5-12(6-8-23)16(26)19-3/h10-12H,4-9H2,1-3H3,(H,19,26)(H,21,25)/t11-/m1/s1. The largest absolute Gasteiger partial charge is 0.359 e. The van der Waals surface area contributed by atoms with Gasteiger partial charge in [0.15, 0.2) is 10.8 Å². The predicted molar refractivity (Wildman–Crippen MR) is 109 cm³/mol. The Hall–Kier alpha value is -2.49. The highest BCUT2D eigenvalue weighted by atomic mass is 32.1. The summed E-state index contributed by atoms with van der Waals surface area (Å²) < 4.78 is 1.77. The topological polar surface area (TPSA) is 109 Å². The van der Waals surface area contributed by atoms with Gasteiger partial charge in [-0.25, -0.2) is 4.98 Å². The molecule has 0 radical (unpaired) electrons. The number of nitrogens with zero attached hydrogens (tertiary/aromatic N) is 4. The second-order valence-corrected chi connectivity index (χ2v) is 8.06. The maximum absolute atomic E-state index is 12.7. The zero-order valence-corrected chi connectivity index (χ0v) is 17.2. The molecule has 2 aromatic rings. The fourth-order valence-corrected chi connectivity index (χ4v) is 4.22.